The van der Waals surface area contributed by atoms with E-state index in [4.69, 9.17) is 4.74 Å². The molecule has 0 aliphatic heterocycles. The molecule has 1 radical (unpaired) electrons. The van der Waals surface area contributed by atoms with Gasteiger partial charge in [0.1, 0.15) is 5.76 Å². The van der Waals surface area contributed by atoms with Crippen molar-refractivity contribution in [1.82, 2.24) is 4.90 Å². The van der Waals surface area contributed by atoms with Gasteiger partial charge in [0.25, 0.3) is 0 Å². The van der Waals surface area contributed by atoms with Gasteiger partial charge in [-0.2, -0.15) is 0 Å². The Morgan fingerprint density at radius 3 is 2.48 bits per heavy atom. The highest BCUT2D eigenvalue weighted by Gasteiger charge is 2.17. The van der Waals surface area contributed by atoms with Gasteiger partial charge in [0.15, 0.2) is 0 Å². The maximum Gasteiger partial charge on any atom is 0.108 e. The molecular formula is C19H20NO. The number of ether oxygens (including phenoxy) is 1. The number of fused-ring (bicyclic) bond motifs is 1. The van der Waals surface area contributed by atoms with Gasteiger partial charge in [-0.15, -0.1) is 0 Å². The average Bonchev–Trinajstić information content (AvgIpc) is 2.53. The van der Waals surface area contributed by atoms with Crippen molar-refractivity contribution in [3.63, 3.8) is 0 Å². The van der Waals surface area contributed by atoms with E-state index in [0.717, 1.165) is 17.8 Å². The first-order valence-corrected chi connectivity index (χ1v) is 7.17. The summed E-state index contributed by atoms with van der Waals surface area (Å²) in [6, 6.07) is 15.0. The number of rotatable bonds is 3. The van der Waals surface area contributed by atoms with Crippen molar-refractivity contribution in [2.24, 2.45) is 0 Å². The second-order valence-corrected chi connectivity index (χ2v) is 5.48. The molecule has 3 rings (SSSR count). The molecule has 0 amide bonds. The second-order valence-electron chi connectivity index (χ2n) is 5.48. The molecule has 1 aliphatic rings. The molecule has 1 aliphatic carbocycles. The van der Waals surface area contributed by atoms with Gasteiger partial charge >= 0.3 is 0 Å². The largest absolute Gasteiger partial charge is 0.500 e. The van der Waals surface area contributed by atoms with Crippen LogP contribution in [0, 0.1) is 6.42 Å². The molecule has 0 atom stereocenters. The minimum Gasteiger partial charge on any atom is -0.500 e. The smallest absolute Gasteiger partial charge is 0.108 e. The average molecular weight is 278 g/mol. The first-order valence-electron chi connectivity index (χ1n) is 7.17. The number of methoxy groups -OCH3 is 1. The van der Waals surface area contributed by atoms with Gasteiger partial charge in [-0.1, -0.05) is 36.4 Å². The Labute approximate surface area is 126 Å². The molecule has 0 fully saturated rings. The fourth-order valence-corrected chi connectivity index (χ4v) is 2.69. The Bertz CT molecular complexity index is 725. The van der Waals surface area contributed by atoms with E-state index in [1.165, 1.54) is 22.0 Å². The lowest BCUT2D eigenvalue weighted by atomic mass is 9.94. The molecule has 0 spiro atoms. The molecule has 21 heavy (non-hydrogen) atoms. The van der Waals surface area contributed by atoms with Crippen LogP contribution >= 0.6 is 0 Å². The Balaban J connectivity index is 2.11. The fourth-order valence-electron chi connectivity index (χ4n) is 2.69. The first-order chi connectivity index (χ1) is 10.2. The topological polar surface area (TPSA) is 12.5 Å². The summed E-state index contributed by atoms with van der Waals surface area (Å²) in [6.07, 6.45) is 5.29. The highest BCUT2D eigenvalue weighted by Crippen LogP contribution is 2.32. The lowest BCUT2D eigenvalue weighted by molar-refractivity contribution is 0.297. The zero-order chi connectivity index (χ0) is 14.8. The minimum atomic E-state index is 0.910. The summed E-state index contributed by atoms with van der Waals surface area (Å²) in [5, 5.41) is 2.51. The third-order valence-corrected chi connectivity index (χ3v) is 3.93. The predicted molar refractivity (Wildman–Crippen MR) is 88.6 cm³/mol. The molecule has 0 unspecified atom stereocenters. The summed E-state index contributed by atoms with van der Waals surface area (Å²) >= 11 is 0. The van der Waals surface area contributed by atoms with Crippen molar-refractivity contribution in [3.8, 4) is 0 Å². The zero-order valence-corrected chi connectivity index (χ0v) is 12.8. The van der Waals surface area contributed by atoms with Crippen molar-refractivity contribution in [2.75, 3.05) is 21.2 Å². The number of benzene rings is 2. The zero-order valence-electron chi connectivity index (χ0n) is 12.8. The Kier molecular flexibility index (Phi) is 3.70. The van der Waals surface area contributed by atoms with Crippen LogP contribution in [-0.2, 0) is 4.74 Å². The molecule has 2 nitrogen and oxygen atoms in total. The van der Waals surface area contributed by atoms with E-state index in [1.807, 2.05) is 0 Å². The maximum absolute atomic E-state index is 5.56. The van der Waals surface area contributed by atoms with Crippen LogP contribution in [-0.4, -0.2) is 26.1 Å². The number of nitrogens with zero attached hydrogens (tertiary/aromatic N) is 1. The van der Waals surface area contributed by atoms with Crippen molar-refractivity contribution >= 4 is 16.3 Å². The Morgan fingerprint density at radius 1 is 1.00 bits per heavy atom. The molecule has 0 aromatic heterocycles. The van der Waals surface area contributed by atoms with Crippen molar-refractivity contribution < 1.29 is 4.74 Å². The monoisotopic (exact) mass is 278 g/mol. The minimum absolute atomic E-state index is 0.910. The number of hydrogen-bond donors (Lipinski definition) is 0. The highest BCUT2D eigenvalue weighted by atomic mass is 16.5. The standard InChI is InChI=1S/C19H20NO/c1-20(2)17-10-11-19(21-3)18(13-17)16-9-8-14-6-4-5-7-15(14)12-16/h4-9,11-13H,10H2,1-3H3. The van der Waals surface area contributed by atoms with E-state index in [-0.39, 0.29) is 0 Å². The number of hydrogen-bond acceptors (Lipinski definition) is 2. The van der Waals surface area contributed by atoms with E-state index >= 15 is 0 Å². The molecule has 0 bridgehead atoms. The summed E-state index contributed by atoms with van der Waals surface area (Å²) in [6.45, 7) is 0. The van der Waals surface area contributed by atoms with E-state index < -0.39 is 0 Å². The van der Waals surface area contributed by atoms with Crippen LogP contribution in [0.3, 0.4) is 0 Å². The van der Waals surface area contributed by atoms with Crippen molar-refractivity contribution in [3.05, 3.63) is 72.0 Å². The van der Waals surface area contributed by atoms with E-state index in [1.54, 1.807) is 7.11 Å². The summed E-state index contributed by atoms with van der Waals surface area (Å²) in [7, 11) is 5.90. The molecule has 107 valence electrons. The lowest BCUT2D eigenvalue weighted by Crippen LogP contribution is -2.15. The Morgan fingerprint density at radius 2 is 1.76 bits per heavy atom. The molecule has 0 N–H and O–H groups in total. The van der Waals surface area contributed by atoms with Crippen molar-refractivity contribution in [1.29, 1.82) is 0 Å². The van der Waals surface area contributed by atoms with Gasteiger partial charge in [0.2, 0.25) is 0 Å². The summed E-state index contributed by atoms with van der Waals surface area (Å²) < 4.78 is 5.56. The van der Waals surface area contributed by atoms with Crippen LogP contribution in [0.1, 0.15) is 12.0 Å². The normalized spacial score (nSPS) is 15.1. The molecular weight excluding hydrogens is 258 g/mol. The quantitative estimate of drug-likeness (QED) is 0.832. The molecule has 0 saturated carbocycles. The van der Waals surface area contributed by atoms with Crippen LogP contribution in [0.5, 0.6) is 0 Å². The van der Waals surface area contributed by atoms with Crippen LogP contribution in [0.25, 0.3) is 16.3 Å². The fraction of sp³-hybridized carbons (Fsp3) is 0.211. The molecule has 0 saturated heterocycles. The Hall–Kier alpha value is -2.22. The van der Waals surface area contributed by atoms with E-state index in [0.29, 0.717) is 0 Å². The van der Waals surface area contributed by atoms with Gasteiger partial charge in [0, 0.05) is 31.8 Å². The lowest BCUT2D eigenvalue weighted by Gasteiger charge is -2.24. The number of allylic oxidation sites excluding steroid dienone is 4. The predicted octanol–water partition coefficient (Wildman–Crippen LogP) is 4.25. The first kappa shape index (κ1) is 13.7. The van der Waals surface area contributed by atoms with Crippen LogP contribution < -0.4 is 0 Å². The summed E-state index contributed by atoms with van der Waals surface area (Å²) in [5.41, 5.74) is 3.64. The van der Waals surface area contributed by atoms with Crippen LogP contribution in [0.4, 0.5) is 0 Å². The van der Waals surface area contributed by atoms with Crippen LogP contribution in [0.15, 0.2) is 60.0 Å². The van der Waals surface area contributed by atoms with Gasteiger partial charge in [-0.05, 0) is 34.9 Å². The molecule has 2 heteroatoms. The summed E-state index contributed by atoms with van der Waals surface area (Å²) in [5.74, 6) is 0.955. The van der Waals surface area contributed by atoms with Gasteiger partial charge < -0.3 is 9.64 Å². The van der Waals surface area contributed by atoms with Crippen LogP contribution in [0.2, 0.25) is 0 Å². The van der Waals surface area contributed by atoms with Gasteiger partial charge in [-0.3, -0.25) is 0 Å². The SMILES string of the molecule is COC1=C(c2ccc3ccccc3c2)C=C(N(C)C)C[CH]1. The van der Waals surface area contributed by atoms with E-state index in [9.17, 15) is 0 Å². The molecule has 2 aromatic rings. The third-order valence-electron chi connectivity index (χ3n) is 3.93. The van der Waals surface area contributed by atoms with Crippen molar-refractivity contribution in [2.45, 2.75) is 6.42 Å². The molecule has 2 aromatic carbocycles. The highest BCUT2D eigenvalue weighted by molar-refractivity contribution is 5.89. The third kappa shape index (κ3) is 2.66. The van der Waals surface area contributed by atoms with E-state index in [2.05, 4.69) is 74.0 Å². The summed E-state index contributed by atoms with van der Waals surface area (Å²) in [4.78, 5) is 2.16. The molecule has 0 heterocycles. The maximum atomic E-state index is 5.56. The second kappa shape index (κ2) is 5.65. The van der Waals surface area contributed by atoms with Gasteiger partial charge in [0.05, 0.1) is 7.11 Å². The van der Waals surface area contributed by atoms with Gasteiger partial charge in [-0.25, -0.2) is 0 Å².